The molecule has 3 rings (SSSR count). The second-order valence-corrected chi connectivity index (χ2v) is 8.34. The molecule has 1 atom stereocenters. The molecule has 32 heavy (non-hydrogen) atoms. The Balaban J connectivity index is 0.000000451. The summed E-state index contributed by atoms with van der Waals surface area (Å²) >= 11 is 0. The summed E-state index contributed by atoms with van der Waals surface area (Å²) in [6.45, 7) is 14.7. The molecule has 5 heteroatoms. The third-order valence-electron chi connectivity index (χ3n) is 5.54. The van der Waals surface area contributed by atoms with Crippen LogP contribution in [0, 0.1) is 20.8 Å². The largest absolute Gasteiger partial charge is 0.497 e. The van der Waals surface area contributed by atoms with Crippen LogP contribution in [0.1, 0.15) is 56.3 Å². The van der Waals surface area contributed by atoms with E-state index in [1.807, 2.05) is 74.9 Å². The number of carbonyl (C=O) groups excluding carboxylic acids is 1. The molecule has 0 aliphatic carbocycles. The van der Waals surface area contributed by atoms with Gasteiger partial charge in [0.25, 0.3) is 0 Å². The van der Waals surface area contributed by atoms with Gasteiger partial charge >= 0.3 is 0 Å². The molecular weight excluding hydrogens is 398 g/mol. The van der Waals surface area contributed by atoms with Gasteiger partial charge in [-0.2, -0.15) is 0 Å². The Hall–Kier alpha value is -2.79. The number of hydrogen-bond donors (Lipinski definition) is 2. The molecule has 0 aliphatic heterocycles. The van der Waals surface area contributed by atoms with Crippen molar-refractivity contribution in [2.24, 2.45) is 0 Å². The lowest BCUT2D eigenvalue weighted by molar-refractivity contribution is -0.118. The van der Waals surface area contributed by atoms with Crippen LogP contribution in [-0.4, -0.2) is 30.7 Å². The molecule has 2 aromatic carbocycles. The molecule has 1 heterocycles. The second kappa shape index (κ2) is 12.3. The minimum atomic E-state index is -0.315. The van der Waals surface area contributed by atoms with E-state index in [2.05, 4.69) is 24.5 Å². The number of anilines is 1. The zero-order chi connectivity index (χ0) is 23.7. The highest BCUT2D eigenvalue weighted by Crippen LogP contribution is 2.28. The number of aromatic nitrogens is 1. The van der Waals surface area contributed by atoms with Crippen LogP contribution < -0.4 is 15.4 Å². The molecule has 0 saturated carbocycles. The van der Waals surface area contributed by atoms with Crippen LogP contribution in [0.25, 0.3) is 10.9 Å². The van der Waals surface area contributed by atoms with Crippen LogP contribution in [0.2, 0.25) is 0 Å². The molecule has 0 bridgehead atoms. The van der Waals surface area contributed by atoms with Crippen LogP contribution in [0.15, 0.2) is 42.6 Å². The summed E-state index contributed by atoms with van der Waals surface area (Å²) in [6.07, 6.45) is 4.53. The van der Waals surface area contributed by atoms with Gasteiger partial charge < -0.3 is 19.9 Å². The number of nitrogens with zero attached hydrogens (tertiary/aromatic N) is 1. The number of aryl methyl sites for hydroxylation is 3. The Kier molecular flexibility index (Phi) is 9.79. The van der Waals surface area contributed by atoms with Crippen LogP contribution >= 0.6 is 0 Å². The third kappa shape index (κ3) is 6.60. The van der Waals surface area contributed by atoms with Crippen molar-refractivity contribution in [1.82, 2.24) is 9.88 Å². The fraction of sp³-hybridized carbons (Fsp3) is 0.444. The molecule has 1 aromatic heterocycles. The van der Waals surface area contributed by atoms with E-state index in [9.17, 15) is 4.79 Å². The van der Waals surface area contributed by atoms with Crippen molar-refractivity contribution in [3.05, 3.63) is 59.3 Å². The number of methoxy groups -OCH3 is 1. The van der Waals surface area contributed by atoms with Crippen LogP contribution in [-0.2, 0) is 4.79 Å². The highest BCUT2D eigenvalue weighted by atomic mass is 16.5. The number of rotatable bonds is 8. The summed E-state index contributed by atoms with van der Waals surface area (Å²) in [6, 6.07) is 11.7. The zero-order valence-electron chi connectivity index (χ0n) is 20.7. The molecule has 0 spiro atoms. The Morgan fingerprint density at radius 2 is 1.69 bits per heavy atom. The van der Waals surface area contributed by atoms with Gasteiger partial charge in [-0.15, -0.1) is 0 Å². The van der Waals surface area contributed by atoms with Crippen LogP contribution in [0.5, 0.6) is 5.75 Å². The van der Waals surface area contributed by atoms with Gasteiger partial charge in [-0.1, -0.05) is 26.0 Å². The van der Waals surface area contributed by atoms with Crippen molar-refractivity contribution in [3.63, 3.8) is 0 Å². The summed E-state index contributed by atoms with van der Waals surface area (Å²) < 4.78 is 7.33. The molecule has 0 aliphatic rings. The molecular formula is C27H39N3O2. The van der Waals surface area contributed by atoms with E-state index in [-0.39, 0.29) is 11.9 Å². The molecule has 174 valence electrons. The maximum atomic E-state index is 12.8. The van der Waals surface area contributed by atoms with Gasteiger partial charge in [0.2, 0.25) is 5.91 Å². The highest BCUT2D eigenvalue weighted by Gasteiger charge is 2.19. The molecule has 3 aromatic rings. The molecule has 1 amide bonds. The van der Waals surface area contributed by atoms with Gasteiger partial charge in [-0.25, -0.2) is 0 Å². The summed E-state index contributed by atoms with van der Waals surface area (Å²) in [5.74, 6) is 0.794. The van der Waals surface area contributed by atoms with Gasteiger partial charge in [0, 0.05) is 22.8 Å². The minimum absolute atomic E-state index is 0.0265. The zero-order valence-corrected chi connectivity index (χ0v) is 20.7. The number of fused-ring (bicyclic) bond motifs is 1. The topological polar surface area (TPSA) is 55.3 Å². The predicted molar refractivity (Wildman–Crippen MR) is 136 cm³/mol. The van der Waals surface area contributed by atoms with E-state index in [1.54, 1.807) is 7.11 Å². The molecule has 0 radical (unpaired) electrons. The number of ether oxygens (including phenoxy) is 1. The first-order valence-electron chi connectivity index (χ1n) is 11.6. The first-order valence-corrected chi connectivity index (χ1v) is 11.6. The van der Waals surface area contributed by atoms with Gasteiger partial charge in [0.1, 0.15) is 11.8 Å². The fourth-order valence-electron chi connectivity index (χ4n) is 3.56. The second-order valence-electron chi connectivity index (χ2n) is 8.34. The summed E-state index contributed by atoms with van der Waals surface area (Å²) in [5.41, 5.74) is 5.21. The third-order valence-corrected chi connectivity index (χ3v) is 5.54. The van der Waals surface area contributed by atoms with Gasteiger partial charge in [0.15, 0.2) is 0 Å². The summed E-state index contributed by atoms with van der Waals surface area (Å²) in [4.78, 5) is 12.8. The Bertz CT molecular complexity index is 1020. The van der Waals surface area contributed by atoms with Crippen LogP contribution in [0.4, 0.5) is 5.69 Å². The van der Waals surface area contributed by atoms with Crippen LogP contribution in [0.3, 0.4) is 0 Å². The first-order chi connectivity index (χ1) is 15.3. The van der Waals surface area contributed by atoms with E-state index in [4.69, 9.17) is 4.74 Å². The van der Waals surface area contributed by atoms with Gasteiger partial charge in [-0.3, -0.25) is 4.79 Å². The molecule has 5 nitrogen and oxygen atoms in total. The quantitative estimate of drug-likeness (QED) is 0.414. The lowest BCUT2D eigenvalue weighted by atomic mass is 10.1. The normalized spacial score (nSPS) is 11.6. The minimum Gasteiger partial charge on any atom is -0.497 e. The van der Waals surface area contributed by atoms with E-state index in [0.717, 1.165) is 39.0 Å². The van der Waals surface area contributed by atoms with Crippen molar-refractivity contribution in [2.45, 2.75) is 60.4 Å². The fourth-order valence-corrected chi connectivity index (χ4v) is 3.56. The standard InChI is InChI=1S/C21H24N2O2.C6H15N/c1-13-6-7-14(2)19(10-13)22-21(24)16(4)23-12-15(3)18-11-17(25-5)8-9-20(18)23;1-3-5-7-6-4-2/h6-12,16H,1-5H3,(H,22,24);7H,3-6H2,1-2H3. The molecule has 0 saturated heterocycles. The molecule has 1 unspecified atom stereocenters. The number of carbonyl (C=O) groups is 1. The number of benzene rings is 2. The first kappa shape index (κ1) is 25.5. The van der Waals surface area contributed by atoms with Gasteiger partial charge in [0.05, 0.1) is 7.11 Å². The van der Waals surface area contributed by atoms with Crippen molar-refractivity contribution in [2.75, 3.05) is 25.5 Å². The average molecular weight is 438 g/mol. The van der Waals surface area contributed by atoms with Crippen molar-refractivity contribution >= 4 is 22.5 Å². The Morgan fingerprint density at radius 3 is 2.31 bits per heavy atom. The van der Waals surface area contributed by atoms with Gasteiger partial charge in [-0.05, 0) is 94.6 Å². The average Bonchev–Trinajstić information content (AvgIpc) is 3.12. The van der Waals surface area contributed by atoms with Crippen molar-refractivity contribution < 1.29 is 9.53 Å². The monoisotopic (exact) mass is 437 g/mol. The molecule has 0 fully saturated rings. The Morgan fingerprint density at radius 1 is 1.00 bits per heavy atom. The molecule has 2 N–H and O–H groups in total. The van der Waals surface area contributed by atoms with E-state index in [0.29, 0.717) is 0 Å². The maximum Gasteiger partial charge on any atom is 0.247 e. The lowest BCUT2D eigenvalue weighted by Crippen LogP contribution is -2.23. The number of hydrogen-bond acceptors (Lipinski definition) is 3. The maximum absolute atomic E-state index is 12.8. The van der Waals surface area contributed by atoms with E-state index >= 15 is 0 Å². The smallest absolute Gasteiger partial charge is 0.247 e. The summed E-state index contributed by atoms with van der Waals surface area (Å²) in [7, 11) is 1.66. The number of amides is 1. The van der Waals surface area contributed by atoms with E-state index in [1.165, 1.54) is 25.9 Å². The highest BCUT2D eigenvalue weighted by molar-refractivity contribution is 5.96. The van der Waals surface area contributed by atoms with Crippen molar-refractivity contribution in [1.29, 1.82) is 0 Å². The summed E-state index contributed by atoms with van der Waals surface area (Å²) in [5, 5.41) is 7.45. The lowest BCUT2D eigenvalue weighted by Gasteiger charge is -2.17. The SMILES string of the molecule is CCCNCCC.COc1ccc2c(c1)c(C)cn2C(C)C(=O)Nc1cc(C)ccc1C. The number of nitrogens with one attached hydrogen (secondary N) is 2. The van der Waals surface area contributed by atoms with E-state index < -0.39 is 0 Å². The van der Waals surface area contributed by atoms with Crippen molar-refractivity contribution in [3.8, 4) is 5.75 Å². The Labute approximate surface area is 193 Å². The predicted octanol–water partition coefficient (Wildman–Crippen LogP) is 6.17.